The van der Waals surface area contributed by atoms with E-state index in [1.54, 1.807) is 6.92 Å². The van der Waals surface area contributed by atoms with E-state index in [4.69, 9.17) is 5.73 Å². The molecule has 23 heavy (non-hydrogen) atoms. The molecule has 0 saturated heterocycles. The van der Waals surface area contributed by atoms with Crippen LogP contribution >= 0.6 is 0 Å². The number of fused-ring (bicyclic) bond motifs is 1. The topological polar surface area (TPSA) is 96.7 Å². The number of aromatic nitrogens is 3. The molecule has 6 nitrogen and oxygen atoms in total. The molecule has 0 bridgehead atoms. The molecule has 0 aliphatic heterocycles. The van der Waals surface area contributed by atoms with Crippen LogP contribution in [0.25, 0.3) is 22.2 Å². The third-order valence-electron chi connectivity index (χ3n) is 3.86. The Morgan fingerprint density at radius 3 is 2.96 bits per heavy atom. The summed E-state index contributed by atoms with van der Waals surface area (Å²) in [7, 11) is 0. The second-order valence-electron chi connectivity index (χ2n) is 5.70. The van der Waals surface area contributed by atoms with Crippen LogP contribution in [-0.2, 0) is 4.79 Å². The number of primary amides is 1. The van der Waals surface area contributed by atoms with Crippen molar-refractivity contribution in [2.24, 2.45) is 11.7 Å². The molecule has 1 amide bonds. The molecule has 2 heterocycles. The summed E-state index contributed by atoms with van der Waals surface area (Å²) in [5.41, 5.74) is 9.37. The van der Waals surface area contributed by atoms with E-state index in [2.05, 4.69) is 45.4 Å². The van der Waals surface area contributed by atoms with Crippen LogP contribution in [0.3, 0.4) is 0 Å². The number of carbonyl (C=O) groups is 1. The van der Waals surface area contributed by atoms with Crippen LogP contribution < -0.4 is 11.1 Å². The summed E-state index contributed by atoms with van der Waals surface area (Å²) in [6, 6.07) is 8.25. The summed E-state index contributed by atoms with van der Waals surface area (Å²) in [6.45, 7) is 4.27. The van der Waals surface area contributed by atoms with Gasteiger partial charge in [-0.2, -0.15) is 0 Å². The molecule has 0 saturated carbocycles. The summed E-state index contributed by atoms with van der Waals surface area (Å²) in [5.74, 6) is 0.0815. The molecule has 2 aromatic heterocycles. The fourth-order valence-electron chi connectivity index (χ4n) is 2.49. The van der Waals surface area contributed by atoms with Crippen LogP contribution in [0, 0.1) is 12.8 Å². The third-order valence-corrected chi connectivity index (χ3v) is 3.86. The van der Waals surface area contributed by atoms with Gasteiger partial charge in [-0.3, -0.25) is 4.79 Å². The minimum Gasteiger partial charge on any atom is -0.369 e. The predicted octanol–water partition coefficient (Wildman–Crippen LogP) is 2.47. The molecule has 3 aromatic rings. The van der Waals surface area contributed by atoms with E-state index in [9.17, 15) is 4.79 Å². The van der Waals surface area contributed by atoms with Crippen LogP contribution in [0.1, 0.15) is 12.5 Å². The smallest absolute Gasteiger partial charge is 0.222 e. The normalized spacial score (nSPS) is 12.3. The molecule has 1 atom stereocenters. The van der Waals surface area contributed by atoms with Crippen LogP contribution in [-0.4, -0.2) is 27.4 Å². The first-order valence-corrected chi connectivity index (χ1v) is 7.48. The Hall–Kier alpha value is -2.89. The Bertz CT molecular complexity index is 855. The predicted molar refractivity (Wildman–Crippen MR) is 90.9 cm³/mol. The Kier molecular flexibility index (Phi) is 3.97. The van der Waals surface area contributed by atoms with Crippen molar-refractivity contribution in [1.29, 1.82) is 0 Å². The summed E-state index contributed by atoms with van der Waals surface area (Å²) >= 11 is 0. The number of aromatic amines is 1. The van der Waals surface area contributed by atoms with Gasteiger partial charge in [0.15, 0.2) is 0 Å². The van der Waals surface area contributed by atoms with Gasteiger partial charge in [0.2, 0.25) is 5.91 Å². The van der Waals surface area contributed by atoms with Crippen LogP contribution in [0.4, 0.5) is 5.82 Å². The lowest BCUT2D eigenvalue weighted by Crippen LogP contribution is -2.27. The summed E-state index contributed by atoms with van der Waals surface area (Å²) in [6.07, 6.45) is 3.42. The van der Waals surface area contributed by atoms with E-state index in [1.165, 1.54) is 11.9 Å². The Morgan fingerprint density at radius 2 is 2.22 bits per heavy atom. The van der Waals surface area contributed by atoms with Gasteiger partial charge >= 0.3 is 0 Å². The van der Waals surface area contributed by atoms with Crippen LogP contribution in [0.15, 0.2) is 36.8 Å². The lowest BCUT2D eigenvalue weighted by molar-refractivity contribution is -0.120. The number of aryl methyl sites for hydroxylation is 1. The van der Waals surface area contributed by atoms with Crippen molar-refractivity contribution < 1.29 is 4.79 Å². The second kappa shape index (κ2) is 6.08. The Labute approximate surface area is 134 Å². The number of nitrogens with zero attached hydrogens (tertiary/aromatic N) is 2. The number of rotatable bonds is 5. The zero-order valence-electron chi connectivity index (χ0n) is 13.1. The van der Waals surface area contributed by atoms with Gasteiger partial charge in [0.05, 0.1) is 11.3 Å². The quantitative estimate of drug-likeness (QED) is 0.674. The molecule has 1 aromatic carbocycles. The zero-order valence-corrected chi connectivity index (χ0v) is 13.1. The number of nitrogens with two attached hydrogens (primary N) is 1. The van der Waals surface area contributed by atoms with Gasteiger partial charge in [-0.25, -0.2) is 9.97 Å². The minimum absolute atomic E-state index is 0.277. The lowest BCUT2D eigenvalue weighted by Gasteiger charge is -2.11. The maximum absolute atomic E-state index is 11.2. The first kappa shape index (κ1) is 15.0. The molecular formula is C17H19N5O. The average Bonchev–Trinajstić information content (AvgIpc) is 2.97. The van der Waals surface area contributed by atoms with Crippen molar-refractivity contribution in [3.05, 3.63) is 42.4 Å². The van der Waals surface area contributed by atoms with Crippen LogP contribution in [0.2, 0.25) is 0 Å². The monoisotopic (exact) mass is 309 g/mol. The number of benzene rings is 1. The first-order chi connectivity index (χ1) is 11.1. The van der Waals surface area contributed by atoms with Crippen molar-refractivity contribution in [1.82, 2.24) is 15.0 Å². The molecule has 0 aliphatic rings. The number of carbonyl (C=O) groups excluding carboxylic acids is 1. The highest BCUT2D eigenvalue weighted by atomic mass is 16.1. The highest BCUT2D eigenvalue weighted by Gasteiger charge is 2.14. The maximum Gasteiger partial charge on any atom is 0.222 e. The highest BCUT2D eigenvalue weighted by Crippen LogP contribution is 2.32. The lowest BCUT2D eigenvalue weighted by atomic mass is 10.0. The maximum atomic E-state index is 11.2. The number of amides is 1. The van der Waals surface area contributed by atoms with Crippen molar-refractivity contribution in [3.8, 4) is 11.1 Å². The van der Waals surface area contributed by atoms with Gasteiger partial charge in [0, 0.05) is 18.3 Å². The molecule has 4 N–H and O–H groups in total. The summed E-state index contributed by atoms with van der Waals surface area (Å²) < 4.78 is 0. The number of hydrogen-bond acceptors (Lipinski definition) is 4. The van der Waals surface area contributed by atoms with Crippen LogP contribution in [0.5, 0.6) is 0 Å². The molecule has 1 unspecified atom stereocenters. The molecule has 6 heteroatoms. The highest BCUT2D eigenvalue weighted by molar-refractivity contribution is 6.00. The van der Waals surface area contributed by atoms with E-state index in [0.29, 0.717) is 12.4 Å². The number of hydrogen-bond donors (Lipinski definition) is 3. The Balaban J connectivity index is 2.02. The average molecular weight is 309 g/mol. The van der Waals surface area contributed by atoms with E-state index in [-0.39, 0.29) is 11.8 Å². The second-order valence-corrected chi connectivity index (χ2v) is 5.70. The molecule has 0 fully saturated rings. The number of H-pyrrole nitrogens is 1. The van der Waals surface area contributed by atoms with Crippen molar-refractivity contribution in [2.75, 3.05) is 11.9 Å². The zero-order chi connectivity index (χ0) is 16.4. The van der Waals surface area contributed by atoms with E-state index in [1.807, 2.05) is 12.3 Å². The van der Waals surface area contributed by atoms with Crippen molar-refractivity contribution in [3.63, 3.8) is 0 Å². The SMILES string of the molecule is Cc1cccc(-c2c[nH]c3ncnc(NCC(C)C(N)=O)c23)c1. The molecular weight excluding hydrogens is 290 g/mol. The molecule has 0 spiro atoms. The van der Waals surface area contributed by atoms with E-state index >= 15 is 0 Å². The fourth-order valence-corrected chi connectivity index (χ4v) is 2.49. The van der Waals surface area contributed by atoms with Gasteiger partial charge < -0.3 is 16.0 Å². The minimum atomic E-state index is -0.337. The van der Waals surface area contributed by atoms with Crippen molar-refractivity contribution in [2.45, 2.75) is 13.8 Å². The van der Waals surface area contributed by atoms with Gasteiger partial charge in [-0.1, -0.05) is 36.8 Å². The third kappa shape index (κ3) is 3.01. The van der Waals surface area contributed by atoms with E-state index in [0.717, 1.165) is 22.2 Å². The molecule has 0 radical (unpaired) electrons. The fraction of sp³-hybridized carbons (Fsp3) is 0.235. The first-order valence-electron chi connectivity index (χ1n) is 7.48. The van der Waals surface area contributed by atoms with Gasteiger partial charge in [0.1, 0.15) is 17.8 Å². The summed E-state index contributed by atoms with van der Waals surface area (Å²) in [4.78, 5) is 23.0. The number of anilines is 1. The van der Waals surface area contributed by atoms with Gasteiger partial charge in [-0.15, -0.1) is 0 Å². The largest absolute Gasteiger partial charge is 0.369 e. The molecule has 3 rings (SSSR count). The standard InChI is InChI=1S/C17H19N5O/c1-10-4-3-5-12(6-10)13-8-20-17-14(13)16(21-9-22-17)19-7-11(2)15(18)23/h3-6,8-9,11H,7H2,1-2H3,(H2,18,23)(H2,19,20,21,22). The number of nitrogens with one attached hydrogen (secondary N) is 2. The van der Waals surface area contributed by atoms with Crippen molar-refractivity contribution >= 4 is 22.8 Å². The summed E-state index contributed by atoms with van der Waals surface area (Å²) in [5, 5.41) is 4.12. The molecule has 0 aliphatic carbocycles. The van der Waals surface area contributed by atoms with Gasteiger partial charge in [-0.05, 0) is 12.5 Å². The van der Waals surface area contributed by atoms with Gasteiger partial charge in [0.25, 0.3) is 0 Å². The Morgan fingerprint density at radius 1 is 1.39 bits per heavy atom. The van der Waals surface area contributed by atoms with E-state index < -0.39 is 0 Å². The molecule has 118 valence electrons.